The fraction of sp³-hybridized carbons (Fsp3) is 0.533. The SMILES string of the molecule is CCC(=O)CN(CC)[C@H](C)Cc1ccccc1. The molecule has 0 aliphatic carbocycles. The minimum Gasteiger partial charge on any atom is -0.298 e. The Morgan fingerprint density at radius 3 is 2.41 bits per heavy atom. The van der Waals surface area contributed by atoms with Crippen molar-refractivity contribution in [2.75, 3.05) is 13.1 Å². The predicted molar refractivity (Wildman–Crippen MR) is 72.2 cm³/mol. The number of ketones is 1. The number of carbonyl (C=O) groups excluding carboxylic acids is 1. The fourth-order valence-electron chi connectivity index (χ4n) is 2.00. The molecule has 0 radical (unpaired) electrons. The van der Waals surface area contributed by atoms with Crippen LogP contribution in [0.15, 0.2) is 30.3 Å². The summed E-state index contributed by atoms with van der Waals surface area (Å²) >= 11 is 0. The molecule has 2 nitrogen and oxygen atoms in total. The van der Waals surface area contributed by atoms with Crippen molar-refractivity contribution in [2.24, 2.45) is 0 Å². The van der Waals surface area contributed by atoms with Crippen molar-refractivity contribution in [2.45, 2.75) is 39.7 Å². The molecule has 2 heteroatoms. The zero-order valence-electron chi connectivity index (χ0n) is 11.1. The maximum Gasteiger partial charge on any atom is 0.146 e. The molecule has 0 bridgehead atoms. The van der Waals surface area contributed by atoms with Crippen LogP contribution in [-0.2, 0) is 11.2 Å². The second kappa shape index (κ2) is 7.23. The zero-order valence-corrected chi connectivity index (χ0v) is 11.1. The average Bonchev–Trinajstić information content (AvgIpc) is 2.36. The zero-order chi connectivity index (χ0) is 12.7. The summed E-state index contributed by atoms with van der Waals surface area (Å²) in [5, 5.41) is 0. The van der Waals surface area contributed by atoms with Crippen LogP contribution in [0.1, 0.15) is 32.8 Å². The quantitative estimate of drug-likeness (QED) is 0.721. The van der Waals surface area contributed by atoms with Crippen LogP contribution < -0.4 is 0 Å². The summed E-state index contributed by atoms with van der Waals surface area (Å²) in [5.74, 6) is 0.326. The van der Waals surface area contributed by atoms with Crippen LogP contribution in [0.2, 0.25) is 0 Å². The molecule has 17 heavy (non-hydrogen) atoms. The van der Waals surface area contributed by atoms with Crippen molar-refractivity contribution in [1.82, 2.24) is 4.90 Å². The first kappa shape index (κ1) is 13.9. The first-order valence-corrected chi connectivity index (χ1v) is 6.47. The molecule has 0 N–H and O–H groups in total. The van der Waals surface area contributed by atoms with Crippen LogP contribution in [0.25, 0.3) is 0 Å². The predicted octanol–water partition coefficient (Wildman–Crippen LogP) is 2.92. The van der Waals surface area contributed by atoms with Gasteiger partial charge in [-0.3, -0.25) is 9.69 Å². The van der Waals surface area contributed by atoms with Crippen molar-refractivity contribution >= 4 is 5.78 Å². The van der Waals surface area contributed by atoms with Gasteiger partial charge in [0.2, 0.25) is 0 Å². The number of carbonyl (C=O) groups is 1. The van der Waals surface area contributed by atoms with E-state index < -0.39 is 0 Å². The van der Waals surface area contributed by atoms with Crippen molar-refractivity contribution < 1.29 is 4.79 Å². The first-order chi connectivity index (χ1) is 8.17. The lowest BCUT2D eigenvalue weighted by atomic mass is 10.1. The van der Waals surface area contributed by atoms with Crippen molar-refractivity contribution in [1.29, 1.82) is 0 Å². The number of hydrogen-bond acceptors (Lipinski definition) is 2. The van der Waals surface area contributed by atoms with Gasteiger partial charge in [0.25, 0.3) is 0 Å². The van der Waals surface area contributed by atoms with Crippen LogP contribution in [0.3, 0.4) is 0 Å². The Balaban J connectivity index is 2.54. The van der Waals surface area contributed by atoms with E-state index in [9.17, 15) is 4.79 Å². The second-order valence-electron chi connectivity index (χ2n) is 4.49. The molecule has 94 valence electrons. The Labute approximate surface area is 105 Å². The molecule has 0 heterocycles. The van der Waals surface area contributed by atoms with Gasteiger partial charge in [-0.2, -0.15) is 0 Å². The number of benzene rings is 1. The monoisotopic (exact) mass is 233 g/mol. The van der Waals surface area contributed by atoms with E-state index in [1.807, 2.05) is 13.0 Å². The summed E-state index contributed by atoms with van der Waals surface area (Å²) in [6, 6.07) is 10.9. The molecule has 0 amide bonds. The van der Waals surface area contributed by atoms with Gasteiger partial charge in [-0.1, -0.05) is 44.2 Å². The number of rotatable bonds is 7. The van der Waals surface area contributed by atoms with Gasteiger partial charge in [-0.25, -0.2) is 0 Å². The third kappa shape index (κ3) is 4.70. The third-order valence-electron chi connectivity index (χ3n) is 3.18. The highest BCUT2D eigenvalue weighted by molar-refractivity contribution is 5.80. The van der Waals surface area contributed by atoms with Gasteiger partial charge in [0.05, 0.1) is 6.54 Å². The molecule has 0 fully saturated rings. The van der Waals surface area contributed by atoms with Gasteiger partial charge in [0.15, 0.2) is 0 Å². The van der Waals surface area contributed by atoms with Gasteiger partial charge in [0.1, 0.15) is 5.78 Å². The van der Waals surface area contributed by atoms with E-state index >= 15 is 0 Å². The largest absolute Gasteiger partial charge is 0.298 e. The van der Waals surface area contributed by atoms with Crippen LogP contribution in [-0.4, -0.2) is 29.8 Å². The lowest BCUT2D eigenvalue weighted by Crippen LogP contribution is -2.38. The minimum absolute atomic E-state index is 0.326. The fourth-order valence-corrected chi connectivity index (χ4v) is 2.00. The average molecular weight is 233 g/mol. The van der Waals surface area contributed by atoms with Crippen molar-refractivity contribution in [3.8, 4) is 0 Å². The standard InChI is InChI=1S/C15H23NO/c1-4-15(17)12-16(5-2)13(3)11-14-9-7-6-8-10-14/h6-10,13H,4-5,11-12H2,1-3H3/t13-/m1/s1. The molecule has 0 aromatic heterocycles. The molecular weight excluding hydrogens is 210 g/mol. The number of hydrogen-bond donors (Lipinski definition) is 0. The molecule has 1 rings (SSSR count). The molecule has 0 spiro atoms. The normalized spacial score (nSPS) is 12.7. The number of Topliss-reactive ketones (excluding diaryl/α,β-unsaturated/α-hetero) is 1. The molecule has 0 aliphatic rings. The molecule has 0 unspecified atom stereocenters. The van der Waals surface area contributed by atoms with Gasteiger partial charge < -0.3 is 0 Å². The van der Waals surface area contributed by atoms with Gasteiger partial charge in [0, 0.05) is 12.5 Å². The minimum atomic E-state index is 0.326. The Bertz CT molecular complexity index is 334. The number of likely N-dealkylation sites (N-methyl/N-ethyl adjacent to an activating group) is 1. The van der Waals surface area contributed by atoms with E-state index in [1.54, 1.807) is 0 Å². The van der Waals surface area contributed by atoms with E-state index in [0.29, 0.717) is 24.8 Å². The Morgan fingerprint density at radius 1 is 1.24 bits per heavy atom. The molecule has 1 aromatic rings. The van der Waals surface area contributed by atoms with Gasteiger partial charge in [-0.05, 0) is 25.5 Å². The molecule has 1 aromatic carbocycles. The van der Waals surface area contributed by atoms with Crippen LogP contribution in [0.5, 0.6) is 0 Å². The van der Waals surface area contributed by atoms with E-state index in [2.05, 4.69) is 43.0 Å². The lowest BCUT2D eigenvalue weighted by molar-refractivity contribution is -0.120. The first-order valence-electron chi connectivity index (χ1n) is 6.47. The lowest BCUT2D eigenvalue weighted by Gasteiger charge is -2.27. The summed E-state index contributed by atoms with van der Waals surface area (Å²) in [6.45, 7) is 7.75. The molecule has 0 aliphatic heterocycles. The molecular formula is C15H23NO. The smallest absolute Gasteiger partial charge is 0.146 e. The topological polar surface area (TPSA) is 20.3 Å². The molecule has 1 atom stereocenters. The van der Waals surface area contributed by atoms with Gasteiger partial charge in [-0.15, -0.1) is 0 Å². The second-order valence-corrected chi connectivity index (χ2v) is 4.49. The molecule has 0 saturated carbocycles. The molecule has 0 saturated heterocycles. The highest BCUT2D eigenvalue weighted by Gasteiger charge is 2.14. The summed E-state index contributed by atoms with van der Waals surface area (Å²) in [6.07, 6.45) is 1.64. The van der Waals surface area contributed by atoms with Crippen molar-refractivity contribution in [3.05, 3.63) is 35.9 Å². The maximum atomic E-state index is 11.5. The Kier molecular flexibility index (Phi) is 5.92. The summed E-state index contributed by atoms with van der Waals surface area (Å²) < 4.78 is 0. The third-order valence-corrected chi connectivity index (χ3v) is 3.18. The van der Waals surface area contributed by atoms with Crippen LogP contribution in [0, 0.1) is 0 Å². The summed E-state index contributed by atoms with van der Waals surface area (Å²) in [5.41, 5.74) is 1.34. The number of nitrogens with zero attached hydrogens (tertiary/aromatic N) is 1. The van der Waals surface area contributed by atoms with E-state index in [1.165, 1.54) is 5.56 Å². The van der Waals surface area contributed by atoms with Crippen molar-refractivity contribution in [3.63, 3.8) is 0 Å². The van der Waals surface area contributed by atoms with Crippen LogP contribution >= 0.6 is 0 Å². The summed E-state index contributed by atoms with van der Waals surface area (Å²) in [7, 11) is 0. The maximum absolute atomic E-state index is 11.5. The van der Waals surface area contributed by atoms with E-state index in [4.69, 9.17) is 0 Å². The van der Waals surface area contributed by atoms with Crippen LogP contribution in [0.4, 0.5) is 0 Å². The Morgan fingerprint density at radius 2 is 1.88 bits per heavy atom. The highest BCUT2D eigenvalue weighted by atomic mass is 16.1. The van der Waals surface area contributed by atoms with Gasteiger partial charge >= 0.3 is 0 Å². The van der Waals surface area contributed by atoms with E-state index in [-0.39, 0.29) is 0 Å². The van der Waals surface area contributed by atoms with E-state index in [0.717, 1.165) is 13.0 Å². The highest BCUT2D eigenvalue weighted by Crippen LogP contribution is 2.08. The Hall–Kier alpha value is -1.15. The summed E-state index contributed by atoms with van der Waals surface area (Å²) in [4.78, 5) is 13.7.